The molecule has 0 saturated carbocycles. The molecule has 6 heteroatoms. The Bertz CT molecular complexity index is 533. The van der Waals surface area contributed by atoms with Gasteiger partial charge in [0.15, 0.2) is 0 Å². The maximum atomic E-state index is 12.0. The summed E-state index contributed by atoms with van der Waals surface area (Å²) >= 11 is 0. The highest BCUT2D eigenvalue weighted by Crippen LogP contribution is 2.23. The molecule has 100 valence electrons. The summed E-state index contributed by atoms with van der Waals surface area (Å²) in [6.07, 6.45) is -4.38. The van der Waals surface area contributed by atoms with Crippen LogP contribution in [0.3, 0.4) is 0 Å². The Morgan fingerprint density at radius 3 is 2.53 bits per heavy atom. The smallest absolute Gasteiger partial charge is 0.389 e. The molecule has 1 aliphatic rings. The fourth-order valence-electron chi connectivity index (χ4n) is 1.52. The van der Waals surface area contributed by atoms with E-state index >= 15 is 0 Å². The summed E-state index contributed by atoms with van der Waals surface area (Å²) < 4.78 is 40.9. The summed E-state index contributed by atoms with van der Waals surface area (Å²) in [5.74, 6) is -0.607. The number of carbonyl (C=O) groups excluding carboxylic acids is 1. The van der Waals surface area contributed by atoms with Gasteiger partial charge in [-0.2, -0.15) is 13.2 Å². The lowest BCUT2D eigenvalue weighted by molar-refractivity contribution is -0.134. The van der Waals surface area contributed by atoms with E-state index in [-0.39, 0.29) is 18.0 Å². The first-order valence-corrected chi connectivity index (χ1v) is 5.59. The molecule has 0 saturated heterocycles. The van der Waals surface area contributed by atoms with Gasteiger partial charge in [0, 0.05) is 12.0 Å². The van der Waals surface area contributed by atoms with Gasteiger partial charge in [-0.15, -0.1) is 0 Å². The van der Waals surface area contributed by atoms with E-state index in [1.165, 1.54) is 0 Å². The zero-order valence-electron chi connectivity index (χ0n) is 9.78. The second kappa shape index (κ2) is 5.26. The highest BCUT2D eigenvalue weighted by Gasteiger charge is 2.27. The first kappa shape index (κ1) is 13.3. The van der Waals surface area contributed by atoms with Gasteiger partial charge < -0.3 is 4.74 Å². The molecule has 0 aliphatic carbocycles. The minimum absolute atomic E-state index is 0.0805. The molecule has 1 aliphatic heterocycles. The van der Waals surface area contributed by atoms with E-state index in [9.17, 15) is 18.0 Å². The predicted octanol–water partition coefficient (Wildman–Crippen LogP) is 3.22. The van der Waals surface area contributed by atoms with Crippen LogP contribution in [0.4, 0.5) is 13.2 Å². The van der Waals surface area contributed by atoms with Crippen LogP contribution in [0.15, 0.2) is 47.1 Å². The molecular weight excluding hydrogens is 259 g/mol. The molecule has 1 aromatic rings. The van der Waals surface area contributed by atoms with Crippen LogP contribution < -0.4 is 0 Å². The van der Waals surface area contributed by atoms with Gasteiger partial charge in [-0.25, -0.2) is 9.79 Å². The van der Waals surface area contributed by atoms with Crippen molar-refractivity contribution < 1.29 is 22.7 Å². The number of halogens is 3. The van der Waals surface area contributed by atoms with E-state index in [0.717, 1.165) is 6.08 Å². The minimum Gasteiger partial charge on any atom is -0.402 e. The van der Waals surface area contributed by atoms with Crippen molar-refractivity contribution in [2.45, 2.75) is 19.0 Å². The van der Waals surface area contributed by atoms with E-state index in [1.54, 1.807) is 30.3 Å². The second-order valence-corrected chi connectivity index (χ2v) is 3.92. The molecule has 0 bridgehead atoms. The number of ether oxygens (including phenoxy) is 1. The van der Waals surface area contributed by atoms with Gasteiger partial charge in [-0.05, 0) is 18.6 Å². The fourth-order valence-corrected chi connectivity index (χ4v) is 1.52. The number of aliphatic imine (C=N–C) groups is 1. The Hall–Kier alpha value is -2.11. The van der Waals surface area contributed by atoms with Crippen molar-refractivity contribution >= 4 is 11.9 Å². The molecule has 0 radical (unpaired) electrons. The zero-order valence-corrected chi connectivity index (χ0v) is 9.78. The van der Waals surface area contributed by atoms with Crippen molar-refractivity contribution in [1.29, 1.82) is 0 Å². The van der Waals surface area contributed by atoms with Gasteiger partial charge in [0.25, 0.3) is 0 Å². The first-order chi connectivity index (χ1) is 8.96. The third-order valence-electron chi connectivity index (χ3n) is 2.41. The third kappa shape index (κ3) is 3.67. The van der Waals surface area contributed by atoms with Gasteiger partial charge >= 0.3 is 12.1 Å². The first-order valence-electron chi connectivity index (χ1n) is 5.59. The van der Waals surface area contributed by atoms with Gasteiger partial charge in [-0.3, -0.25) is 0 Å². The second-order valence-electron chi connectivity index (χ2n) is 3.92. The van der Waals surface area contributed by atoms with E-state index in [1.807, 2.05) is 0 Å². The fraction of sp³-hybridized carbons (Fsp3) is 0.231. The zero-order chi connectivity index (χ0) is 13.9. The summed E-state index contributed by atoms with van der Waals surface area (Å²) in [5, 5.41) is 0. The number of esters is 1. The van der Waals surface area contributed by atoms with E-state index in [0.29, 0.717) is 5.56 Å². The third-order valence-corrected chi connectivity index (χ3v) is 2.41. The lowest BCUT2D eigenvalue weighted by Gasteiger charge is -2.01. The number of benzene rings is 1. The molecular formula is C13H10F3NO2. The van der Waals surface area contributed by atoms with Crippen molar-refractivity contribution in [1.82, 2.24) is 0 Å². The molecule has 1 heterocycles. The summed E-state index contributed by atoms with van der Waals surface area (Å²) in [7, 11) is 0. The van der Waals surface area contributed by atoms with Crippen molar-refractivity contribution in [2.75, 3.05) is 0 Å². The van der Waals surface area contributed by atoms with Crippen LogP contribution >= 0.6 is 0 Å². The summed E-state index contributed by atoms with van der Waals surface area (Å²) in [4.78, 5) is 15.3. The molecule has 2 rings (SSSR count). The summed E-state index contributed by atoms with van der Waals surface area (Å²) in [6, 6.07) is 8.69. The number of rotatable bonds is 3. The number of carbonyl (C=O) groups is 1. The Kier molecular flexibility index (Phi) is 3.69. The van der Waals surface area contributed by atoms with Crippen LogP contribution in [-0.4, -0.2) is 18.0 Å². The average molecular weight is 269 g/mol. The molecule has 1 aromatic carbocycles. The average Bonchev–Trinajstić information content (AvgIpc) is 2.71. The molecule has 0 fully saturated rings. The van der Waals surface area contributed by atoms with Crippen LogP contribution in [0.2, 0.25) is 0 Å². The predicted molar refractivity (Wildman–Crippen MR) is 62.4 cm³/mol. The van der Waals surface area contributed by atoms with E-state index in [2.05, 4.69) is 4.99 Å². The molecule has 0 N–H and O–H groups in total. The van der Waals surface area contributed by atoms with Crippen LogP contribution in [0.1, 0.15) is 18.4 Å². The van der Waals surface area contributed by atoms with E-state index in [4.69, 9.17) is 4.74 Å². The quantitative estimate of drug-likeness (QED) is 0.624. The number of hydrogen-bond donors (Lipinski definition) is 0. The standard InChI is InChI=1S/C13H10F3NO2/c14-13(15,16)8-4-7-10-12(18)19-11(17-10)9-5-2-1-3-6-9/h1-3,5-7H,4,8H2/b10-7-. The maximum Gasteiger partial charge on any atom is 0.389 e. The maximum absolute atomic E-state index is 12.0. The molecule has 0 amide bonds. The molecule has 0 atom stereocenters. The Morgan fingerprint density at radius 2 is 1.89 bits per heavy atom. The van der Waals surface area contributed by atoms with Crippen molar-refractivity contribution in [3.8, 4) is 0 Å². The van der Waals surface area contributed by atoms with Crippen molar-refractivity contribution in [2.24, 2.45) is 4.99 Å². The number of alkyl halides is 3. The highest BCUT2D eigenvalue weighted by molar-refractivity contribution is 6.11. The molecule has 0 aromatic heterocycles. The monoisotopic (exact) mass is 269 g/mol. The normalized spacial score (nSPS) is 17.5. The molecule has 19 heavy (non-hydrogen) atoms. The number of allylic oxidation sites excluding steroid dienone is 1. The van der Waals surface area contributed by atoms with Crippen molar-refractivity contribution in [3.05, 3.63) is 47.7 Å². The summed E-state index contributed by atoms with van der Waals surface area (Å²) in [6.45, 7) is 0. The number of cyclic esters (lactones) is 1. The Morgan fingerprint density at radius 1 is 1.21 bits per heavy atom. The van der Waals surface area contributed by atoms with Gasteiger partial charge in [0.05, 0.1) is 0 Å². The molecule has 0 unspecified atom stereocenters. The SMILES string of the molecule is O=C1OC(c2ccccc2)=N/C1=C\CCC(F)(F)F. The Labute approximate surface area is 107 Å². The topological polar surface area (TPSA) is 38.7 Å². The van der Waals surface area contributed by atoms with Crippen molar-refractivity contribution in [3.63, 3.8) is 0 Å². The molecule has 3 nitrogen and oxygen atoms in total. The summed E-state index contributed by atoms with van der Waals surface area (Å²) in [5.41, 5.74) is 0.526. The van der Waals surface area contributed by atoms with Crippen LogP contribution in [-0.2, 0) is 9.53 Å². The largest absolute Gasteiger partial charge is 0.402 e. The Balaban J connectivity index is 2.09. The van der Waals surface area contributed by atoms with Gasteiger partial charge in [-0.1, -0.05) is 24.3 Å². The van der Waals surface area contributed by atoms with Crippen LogP contribution in [0.5, 0.6) is 0 Å². The number of nitrogens with zero attached hydrogens (tertiary/aromatic N) is 1. The minimum atomic E-state index is -4.24. The number of hydrogen-bond acceptors (Lipinski definition) is 3. The lowest BCUT2D eigenvalue weighted by atomic mass is 10.2. The molecule has 0 spiro atoms. The van der Waals surface area contributed by atoms with E-state index < -0.39 is 18.6 Å². The van der Waals surface area contributed by atoms with Crippen LogP contribution in [0.25, 0.3) is 0 Å². The van der Waals surface area contributed by atoms with Crippen LogP contribution in [0, 0.1) is 0 Å². The van der Waals surface area contributed by atoms with Gasteiger partial charge in [0.1, 0.15) is 5.70 Å². The lowest BCUT2D eigenvalue weighted by Crippen LogP contribution is -2.06. The highest BCUT2D eigenvalue weighted by atomic mass is 19.4. The van der Waals surface area contributed by atoms with Gasteiger partial charge in [0.2, 0.25) is 5.90 Å².